The Kier molecular flexibility index (Phi) is 7.64. The van der Waals surface area contributed by atoms with Crippen molar-refractivity contribution < 1.29 is 28.7 Å². The minimum absolute atomic E-state index is 0.00296. The highest BCUT2D eigenvalue weighted by molar-refractivity contribution is 5.98. The zero-order valence-corrected chi connectivity index (χ0v) is 22.6. The zero-order valence-electron chi connectivity index (χ0n) is 22.6. The predicted octanol–water partition coefficient (Wildman–Crippen LogP) is 1.17. The molecule has 3 amide bonds. The van der Waals surface area contributed by atoms with Gasteiger partial charge in [0.25, 0.3) is 0 Å². The van der Waals surface area contributed by atoms with E-state index < -0.39 is 36.7 Å². The topological polar surface area (TPSA) is 164 Å². The van der Waals surface area contributed by atoms with Crippen molar-refractivity contribution in [2.45, 2.75) is 32.2 Å². The number of benzene rings is 1. The molecule has 4 heterocycles. The molecular formula is C27H29FN8O5. The van der Waals surface area contributed by atoms with Crippen LogP contribution in [0.2, 0.25) is 0 Å². The lowest BCUT2D eigenvalue weighted by molar-refractivity contribution is -0.137. The molecule has 1 aliphatic rings. The fourth-order valence-corrected chi connectivity index (χ4v) is 5.20. The summed E-state index contributed by atoms with van der Waals surface area (Å²) in [5.74, 6) is -2.89. The summed E-state index contributed by atoms with van der Waals surface area (Å²) in [7, 11) is 1.78. The van der Waals surface area contributed by atoms with Gasteiger partial charge >= 0.3 is 5.97 Å². The van der Waals surface area contributed by atoms with E-state index in [1.807, 2.05) is 0 Å². The first-order valence-corrected chi connectivity index (χ1v) is 13.1. The number of carbonyl (C=O) groups excluding carboxylic acids is 3. The van der Waals surface area contributed by atoms with Gasteiger partial charge in [0.05, 0.1) is 29.3 Å². The lowest BCUT2D eigenvalue weighted by atomic mass is 9.89. The Labute approximate surface area is 233 Å². The van der Waals surface area contributed by atoms with Crippen LogP contribution >= 0.6 is 0 Å². The number of aliphatic carboxylic acids is 1. The predicted molar refractivity (Wildman–Crippen MR) is 145 cm³/mol. The molecule has 3 aromatic heterocycles. The summed E-state index contributed by atoms with van der Waals surface area (Å²) < 4.78 is 18.6. The van der Waals surface area contributed by atoms with Gasteiger partial charge in [-0.2, -0.15) is 10.2 Å². The second-order valence-corrected chi connectivity index (χ2v) is 9.99. The minimum atomic E-state index is -1.20. The van der Waals surface area contributed by atoms with Crippen LogP contribution in [0, 0.1) is 5.82 Å². The molecule has 1 aromatic carbocycles. The van der Waals surface area contributed by atoms with Gasteiger partial charge in [-0.1, -0.05) is 0 Å². The van der Waals surface area contributed by atoms with Crippen molar-refractivity contribution in [1.29, 1.82) is 0 Å². The smallest absolute Gasteiger partial charge is 0.322 e. The van der Waals surface area contributed by atoms with Gasteiger partial charge in [-0.25, -0.2) is 14.1 Å². The molecule has 1 fully saturated rings. The molecule has 13 nitrogen and oxygen atoms in total. The van der Waals surface area contributed by atoms with Gasteiger partial charge in [-0.3, -0.25) is 23.9 Å². The third kappa shape index (κ3) is 5.71. The van der Waals surface area contributed by atoms with E-state index in [1.54, 1.807) is 35.0 Å². The molecule has 0 atom stereocenters. The molecular weight excluding hydrogens is 535 g/mol. The van der Waals surface area contributed by atoms with Crippen molar-refractivity contribution in [3.8, 4) is 11.1 Å². The highest BCUT2D eigenvalue weighted by atomic mass is 19.1. The van der Waals surface area contributed by atoms with Gasteiger partial charge in [0.15, 0.2) is 5.65 Å². The number of carboxylic acid groups (broad SMARTS) is 1. The molecule has 3 N–H and O–H groups in total. The lowest BCUT2D eigenvalue weighted by Crippen LogP contribution is -2.40. The molecule has 5 rings (SSSR count). The van der Waals surface area contributed by atoms with Crippen molar-refractivity contribution >= 4 is 45.6 Å². The van der Waals surface area contributed by atoms with Crippen LogP contribution in [-0.4, -0.2) is 84.4 Å². The molecule has 214 valence electrons. The summed E-state index contributed by atoms with van der Waals surface area (Å²) in [4.78, 5) is 53.4. The van der Waals surface area contributed by atoms with Gasteiger partial charge in [0.1, 0.15) is 18.9 Å². The van der Waals surface area contributed by atoms with Crippen LogP contribution in [-0.2, 0) is 32.8 Å². The molecule has 0 saturated carbocycles. The Hall–Kier alpha value is -4.88. The van der Waals surface area contributed by atoms with Gasteiger partial charge in [-0.15, -0.1) is 0 Å². The van der Waals surface area contributed by atoms with Crippen LogP contribution in [0.15, 0.2) is 30.6 Å². The maximum atomic E-state index is 15.5. The number of aryl methyl sites for hydroxylation is 1. The van der Waals surface area contributed by atoms with E-state index in [0.717, 1.165) is 5.52 Å². The Morgan fingerprint density at radius 1 is 1.07 bits per heavy atom. The fourth-order valence-electron chi connectivity index (χ4n) is 5.20. The highest BCUT2D eigenvalue weighted by Gasteiger charge is 2.29. The van der Waals surface area contributed by atoms with Gasteiger partial charge < -0.3 is 20.6 Å². The number of likely N-dealkylation sites (tertiary alicyclic amines) is 1. The minimum Gasteiger partial charge on any atom is -0.480 e. The Bertz CT molecular complexity index is 1670. The number of carbonyl (C=O) groups is 4. The number of hydrogen-bond donors (Lipinski definition) is 3. The van der Waals surface area contributed by atoms with Crippen molar-refractivity contribution in [1.82, 2.24) is 40.1 Å². The first-order valence-electron chi connectivity index (χ1n) is 13.1. The highest BCUT2D eigenvalue weighted by Crippen LogP contribution is 2.39. The summed E-state index contributed by atoms with van der Waals surface area (Å²) >= 11 is 0. The van der Waals surface area contributed by atoms with Crippen LogP contribution in [0.1, 0.15) is 31.4 Å². The molecule has 4 aromatic rings. The molecule has 1 aliphatic heterocycles. The molecule has 0 aliphatic carbocycles. The van der Waals surface area contributed by atoms with Crippen LogP contribution in [0.25, 0.3) is 33.1 Å². The molecule has 0 spiro atoms. The van der Waals surface area contributed by atoms with E-state index in [9.17, 15) is 19.2 Å². The van der Waals surface area contributed by atoms with E-state index >= 15 is 4.39 Å². The van der Waals surface area contributed by atoms with Crippen molar-refractivity contribution in [2.75, 3.05) is 26.2 Å². The summed E-state index contributed by atoms with van der Waals surface area (Å²) in [5, 5.41) is 23.6. The van der Waals surface area contributed by atoms with E-state index in [-0.39, 0.29) is 18.4 Å². The van der Waals surface area contributed by atoms with Crippen molar-refractivity contribution in [3.63, 3.8) is 0 Å². The van der Waals surface area contributed by atoms with Gasteiger partial charge in [0, 0.05) is 50.1 Å². The molecule has 14 heteroatoms. The number of carboxylic acids is 1. The maximum Gasteiger partial charge on any atom is 0.322 e. The van der Waals surface area contributed by atoms with Gasteiger partial charge in [-0.05, 0) is 36.6 Å². The Balaban J connectivity index is 1.52. The number of halogens is 1. The Morgan fingerprint density at radius 3 is 2.51 bits per heavy atom. The average molecular weight is 565 g/mol. The largest absolute Gasteiger partial charge is 0.480 e. The standard InChI is InChI=1S/C27H29FN8O5/c1-15(37)35-7-4-16(5-8-35)26-25-18(19-10-21-17(9-20(19)28)11-32-34(21)2)3-6-29-27(25)36(33-26)14-23(39)30-12-22(38)31-13-24(40)41/h3,6,9-11,16H,4-5,7-8,12-14H2,1-2H3,(H,30,39)(H,31,38)(H,40,41). The lowest BCUT2D eigenvalue weighted by Gasteiger charge is -2.30. The number of amides is 3. The molecule has 0 radical (unpaired) electrons. The summed E-state index contributed by atoms with van der Waals surface area (Å²) in [6.07, 6.45) is 4.40. The number of nitrogens with zero attached hydrogens (tertiary/aromatic N) is 6. The summed E-state index contributed by atoms with van der Waals surface area (Å²) in [6, 6.07) is 4.88. The monoisotopic (exact) mass is 564 g/mol. The maximum absolute atomic E-state index is 15.5. The van der Waals surface area contributed by atoms with Crippen LogP contribution in [0.5, 0.6) is 0 Å². The molecule has 0 unspecified atom stereocenters. The van der Waals surface area contributed by atoms with Crippen molar-refractivity contribution in [3.05, 3.63) is 42.1 Å². The first-order chi connectivity index (χ1) is 19.6. The number of piperidine rings is 1. The summed E-state index contributed by atoms with van der Waals surface area (Å²) in [5.41, 5.74) is 2.69. The second-order valence-electron chi connectivity index (χ2n) is 9.99. The molecule has 0 bridgehead atoms. The third-order valence-electron chi connectivity index (χ3n) is 7.29. The van der Waals surface area contributed by atoms with E-state index in [2.05, 4.69) is 20.7 Å². The van der Waals surface area contributed by atoms with Crippen LogP contribution in [0.4, 0.5) is 4.39 Å². The second kappa shape index (κ2) is 11.3. The van der Waals surface area contributed by atoms with Crippen LogP contribution in [0.3, 0.4) is 0 Å². The van der Waals surface area contributed by atoms with E-state index in [1.165, 1.54) is 23.9 Å². The number of aromatic nitrogens is 5. The third-order valence-corrected chi connectivity index (χ3v) is 7.29. The molecule has 41 heavy (non-hydrogen) atoms. The van der Waals surface area contributed by atoms with Gasteiger partial charge in [0.2, 0.25) is 17.7 Å². The first kappa shape index (κ1) is 27.7. The Morgan fingerprint density at radius 2 is 1.80 bits per heavy atom. The number of fused-ring (bicyclic) bond motifs is 2. The SMILES string of the molecule is CC(=O)N1CCC(c2nn(CC(=O)NCC(=O)NCC(=O)O)c3nccc(-c4cc5c(cnn5C)cc4F)c23)CC1. The number of nitrogens with one attached hydrogen (secondary N) is 2. The van der Waals surface area contributed by atoms with E-state index in [0.29, 0.717) is 59.2 Å². The number of hydrogen-bond acceptors (Lipinski definition) is 7. The normalized spacial score (nSPS) is 14.0. The zero-order chi connectivity index (χ0) is 29.3. The van der Waals surface area contributed by atoms with E-state index in [4.69, 9.17) is 10.2 Å². The number of rotatable bonds is 8. The van der Waals surface area contributed by atoms with Crippen LogP contribution < -0.4 is 10.6 Å². The average Bonchev–Trinajstić information content (AvgIpc) is 3.50. The fraction of sp³-hybridized carbons (Fsp3) is 0.370. The molecule has 1 saturated heterocycles. The summed E-state index contributed by atoms with van der Waals surface area (Å²) in [6.45, 7) is 1.39. The number of pyridine rings is 1. The quantitative estimate of drug-likeness (QED) is 0.287. The van der Waals surface area contributed by atoms with Crippen molar-refractivity contribution in [2.24, 2.45) is 7.05 Å².